The molecule has 5 nitrogen and oxygen atoms in total. The maximum absolute atomic E-state index is 13.3. The number of ether oxygens (including phenoxy) is 2. The third-order valence-corrected chi connectivity index (χ3v) is 7.44. The molecule has 1 N–H and O–H groups in total. The summed E-state index contributed by atoms with van der Waals surface area (Å²) in [6, 6.07) is 23.4. The number of amides is 1. The van der Waals surface area contributed by atoms with Crippen molar-refractivity contribution in [1.29, 1.82) is 0 Å². The van der Waals surface area contributed by atoms with Gasteiger partial charge in [-0.1, -0.05) is 54.6 Å². The van der Waals surface area contributed by atoms with E-state index in [9.17, 15) is 4.79 Å². The number of nitrogens with zero attached hydrogens (tertiary/aromatic N) is 1. The van der Waals surface area contributed by atoms with Gasteiger partial charge in [-0.15, -0.1) is 0 Å². The SMILES string of the molecule is COc1cc2c(cc1OC)C(Cc1ccccc1)N(CC(=O)NC1CCCc3ccccc31)CC2. The van der Waals surface area contributed by atoms with Gasteiger partial charge in [0, 0.05) is 12.6 Å². The summed E-state index contributed by atoms with van der Waals surface area (Å²) in [6.45, 7) is 1.21. The van der Waals surface area contributed by atoms with Gasteiger partial charge in [-0.2, -0.15) is 0 Å². The minimum atomic E-state index is 0.0883. The molecule has 1 aliphatic heterocycles. The summed E-state index contributed by atoms with van der Waals surface area (Å²) in [5.74, 6) is 1.58. The minimum absolute atomic E-state index is 0.0883. The molecule has 0 saturated heterocycles. The average molecular weight is 471 g/mol. The highest BCUT2D eigenvalue weighted by Crippen LogP contribution is 2.39. The molecule has 35 heavy (non-hydrogen) atoms. The van der Waals surface area contributed by atoms with Crippen molar-refractivity contribution >= 4 is 5.91 Å². The number of aryl methyl sites for hydroxylation is 1. The summed E-state index contributed by atoms with van der Waals surface area (Å²) >= 11 is 0. The molecule has 1 amide bonds. The molecule has 1 heterocycles. The van der Waals surface area contributed by atoms with Crippen molar-refractivity contribution in [1.82, 2.24) is 10.2 Å². The molecule has 1 aliphatic carbocycles. The highest BCUT2D eigenvalue weighted by atomic mass is 16.5. The van der Waals surface area contributed by atoms with Gasteiger partial charge >= 0.3 is 0 Å². The number of fused-ring (bicyclic) bond motifs is 2. The molecule has 3 aromatic carbocycles. The van der Waals surface area contributed by atoms with E-state index in [1.165, 1.54) is 27.8 Å². The number of benzene rings is 3. The van der Waals surface area contributed by atoms with E-state index in [-0.39, 0.29) is 18.0 Å². The monoisotopic (exact) mass is 470 g/mol. The molecular weight excluding hydrogens is 436 g/mol. The van der Waals surface area contributed by atoms with Crippen LogP contribution in [0.1, 0.15) is 52.7 Å². The van der Waals surface area contributed by atoms with Crippen LogP contribution in [0.2, 0.25) is 0 Å². The zero-order valence-electron chi connectivity index (χ0n) is 20.6. The Morgan fingerprint density at radius 1 is 0.914 bits per heavy atom. The summed E-state index contributed by atoms with van der Waals surface area (Å²) in [7, 11) is 3.35. The molecule has 182 valence electrons. The maximum atomic E-state index is 13.3. The molecule has 2 atom stereocenters. The quantitative estimate of drug-likeness (QED) is 0.526. The fourth-order valence-electron chi connectivity index (χ4n) is 5.67. The number of hydrogen-bond donors (Lipinski definition) is 1. The number of hydrogen-bond acceptors (Lipinski definition) is 4. The Labute approximate surface area is 208 Å². The molecule has 0 spiro atoms. The van der Waals surface area contributed by atoms with Gasteiger partial charge < -0.3 is 14.8 Å². The van der Waals surface area contributed by atoms with Gasteiger partial charge in [0.25, 0.3) is 0 Å². The molecule has 2 aliphatic rings. The molecule has 0 aromatic heterocycles. The largest absolute Gasteiger partial charge is 0.493 e. The van der Waals surface area contributed by atoms with Crippen molar-refractivity contribution in [3.05, 3.63) is 94.5 Å². The number of methoxy groups -OCH3 is 2. The number of carbonyl (C=O) groups is 1. The van der Waals surface area contributed by atoms with Crippen LogP contribution in [0.3, 0.4) is 0 Å². The van der Waals surface area contributed by atoms with E-state index < -0.39 is 0 Å². The summed E-state index contributed by atoms with van der Waals surface area (Å²) < 4.78 is 11.2. The van der Waals surface area contributed by atoms with Gasteiger partial charge in [0.05, 0.1) is 26.8 Å². The van der Waals surface area contributed by atoms with E-state index in [1.807, 2.05) is 6.07 Å². The van der Waals surface area contributed by atoms with Gasteiger partial charge in [0.1, 0.15) is 0 Å². The van der Waals surface area contributed by atoms with Gasteiger partial charge in [-0.05, 0) is 72.1 Å². The van der Waals surface area contributed by atoms with E-state index in [2.05, 4.69) is 70.9 Å². The first-order valence-electron chi connectivity index (χ1n) is 12.6. The predicted octanol–water partition coefficient (Wildman–Crippen LogP) is 5.04. The van der Waals surface area contributed by atoms with Crippen molar-refractivity contribution in [2.24, 2.45) is 0 Å². The third-order valence-electron chi connectivity index (χ3n) is 7.44. The Morgan fingerprint density at radius 3 is 2.46 bits per heavy atom. The first-order chi connectivity index (χ1) is 17.2. The molecule has 5 heteroatoms. The molecule has 0 radical (unpaired) electrons. The Bertz CT molecular complexity index is 1180. The van der Waals surface area contributed by atoms with Crippen molar-refractivity contribution in [3.8, 4) is 11.5 Å². The van der Waals surface area contributed by atoms with Crippen LogP contribution in [0.5, 0.6) is 11.5 Å². The molecule has 0 saturated carbocycles. The molecule has 0 fully saturated rings. The van der Waals surface area contributed by atoms with Crippen molar-refractivity contribution in [2.45, 2.75) is 44.2 Å². The van der Waals surface area contributed by atoms with Crippen molar-refractivity contribution in [3.63, 3.8) is 0 Å². The second kappa shape index (κ2) is 10.5. The Hall–Kier alpha value is -3.31. The average Bonchev–Trinajstić information content (AvgIpc) is 2.90. The minimum Gasteiger partial charge on any atom is -0.493 e. The van der Waals surface area contributed by atoms with Gasteiger partial charge in [-0.3, -0.25) is 9.69 Å². The summed E-state index contributed by atoms with van der Waals surface area (Å²) in [6.07, 6.45) is 4.91. The molecular formula is C30H34N2O3. The van der Waals surface area contributed by atoms with E-state index in [4.69, 9.17) is 9.47 Å². The van der Waals surface area contributed by atoms with E-state index >= 15 is 0 Å². The van der Waals surface area contributed by atoms with Crippen LogP contribution in [-0.4, -0.2) is 38.1 Å². The Morgan fingerprint density at radius 2 is 1.66 bits per heavy atom. The van der Waals surface area contributed by atoms with Crippen LogP contribution in [0, 0.1) is 0 Å². The normalized spacial score (nSPS) is 19.4. The molecule has 2 unspecified atom stereocenters. The van der Waals surface area contributed by atoms with Crippen LogP contribution in [0.4, 0.5) is 0 Å². The second-order valence-corrected chi connectivity index (χ2v) is 9.54. The Kier molecular flexibility index (Phi) is 7.05. The van der Waals surface area contributed by atoms with E-state index in [0.717, 1.165) is 50.1 Å². The Balaban J connectivity index is 1.39. The highest BCUT2D eigenvalue weighted by Gasteiger charge is 2.31. The zero-order valence-corrected chi connectivity index (χ0v) is 20.6. The number of nitrogens with one attached hydrogen (secondary N) is 1. The van der Waals surface area contributed by atoms with Crippen LogP contribution >= 0.6 is 0 Å². The molecule has 5 rings (SSSR count). The van der Waals surface area contributed by atoms with Gasteiger partial charge in [0.15, 0.2) is 11.5 Å². The first-order valence-corrected chi connectivity index (χ1v) is 12.6. The molecule has 3 aromatic rings. The van der Waals surface area contributed by atoms with Gasteiger partial charge in [-0.25, -0.2) is 0 Å². The molecule has 0 bridgehead atoms. The van der Waals surface area contributed by atoms with E-state index in [1.54, 1.807) is 14.2 Å². The summed E-state index contributed by atoms with van der Waals surface area (Å²) in [5.41, 5.74) is 6.37. The van der Waals surface area contributed by atoms with Crippen LogP contribution < -0.4 is 14.8 Å². The standard InChI is InChI=1S/C30H34N2O3/c1-34-28-18-23-15-16-32(20-30(33)31-26-14-8-12-22-11-6-7-13-24(22)26)27(25(23)19-29(28)35-2)17-21-9-4-3-5-10-21/h3-7,9-11,13,18-19,26-27H,8,12,14-17,20H2,1-2H3,(H,31,33). The predicted molar refractivity (Wildman–Crippen MR) is 138 cm³/mol. The fourth-order valence-corrected chi connectivity index (χ4v) is 5.67. The fraction of sp³-hybridized carbons (Fsp3) is 0.367. The maximum Gasteiger partial charge on any atom is 0.234 e. The van der Waals surface area contributed by atoms with Crippen molar-refractivity contribution < 1.29 is 14.3 Å². The lowest BCUT2D eigenvalue weighted by Crippen LogP contribution is -2.44. The van der Waals surface area contributed by atoms with Crippen LogP contribution in [-0.2, 0) is 24.1 Å². The second-order valence-electron chi connectivity index (χ2n) is 9.54. The van der Waals surface area contributed by atoms with Crippen molar-refractivity contribution in [2.75, 3.05) is 27.3 Å². The lowest BCUT2D eigenvalue weighted by molar-refractivity contribution is -0.123. The van der Waals surface area contributed by atoms with Crippen LogP contribution in [0.15, 0.2) is 66.7 Å². The summed E-state index contributed by atoms with van der Waals surface area (Å²) in [5, 5.41) is 3.35. The smallest absolute Gasteiger partial charge is 0.234 e. The van der Waals surface area contributed by atoms with Gasteiger partial charge in [0.2, 0.25) is 5.91 Å². The van der Waals surface area contributed by atoms with E-state index in [0.29, 0.717) is 6.54 Å². The lowest BCUT2D eigenvalue weighted by Gasteiger charge is -2.38. The zero-order chi connectivity index (χ0) is 24.2. The lowest BCUT2D eigenvalue weighted by atomic mass is 9.87. The van der Waals surface area contributed by atoms with Crippen LogP contribution in [0.25, 0.3) is 0 Å². The number of carbonyl (C=O) groups excluding carboxylic acids is 1. The third kappa shape index (κ3) is 5.06. The number of rotatable bonds is 7. The summed E-state index contributed by atoms with van der Waals surface area (Å²) in [4.78, 5) is 15.7. The highest BCUT2D eigenvalue weighted by molar-refractivity contribution is 5.78. The topological polar surface area (TPSA) is 50.8 Å². The first kappa shape index (κ1) is 23.4.